The van der Waals surface area contributed by atoms with Gasteiger partial charge >= 0.3 is 6.18 Å². The molecular weight excluding hydrogens is 359 g/mol. The summed E-state index contributed by atoms with van der Waals surface area (Å²) in [5, 5.41) is 7.18. The number of hydrogen-bond donors (Lipinski definition) is 1. The van der Waals surface area contributed by atoms with Gasteiger partial charge in [0.1, 0.15) is 5.75 Å². The number of anilines is 1. The Bertz CT molecular complexity index is 816. The van der Waals surface area contributed by atoms with E-state index in [-0.39, 0.29) is 17.2 Å². The van der Waals surface area contributed by atoms with Crippen LogP contribution in [0.1, 0.15) is 55.7 Å². The minimum atomic E-state index is -4.39. The molecule has 1 aliphatic rings. The summed E-state index contributed by atoms with van der Waals surface area (Å²) in [5.41, 5.74) is 1.61. The van der Waals surface area contributed by atoms with Gasteiger partial charge in [-0.25, -0.2) is 0 Å². The van der Waals surface area contributed by atoms with Gasteiger partial charge in [0.25, 0.3) is 5.91 Å². The maximum atomic E-state index is 12.5. The van der Waals surface area contributed by atoms with Crippen molar-refractivity contribution in [3.8, 4) is 5.75 Å². The summed E-state index contributed by atoms with van der Waals surface area (Å²) in [7, 11) is 0. The molecule has 1 fully saturated rings. The fraction of sp³-hybridized carbons (Fsp3) is 0.474. The van der Waals surface area contributed by atoms with Crippen LogP contribution in [0.4, 0.5) is 18.9 Å². The van der Waals surface area contributed by atoms with Crippen molar-refractivity contribution in [3.05, 3.63) is 41.7 Å². The minimum absolute atomic E-state index is 0.0818. The van der Waals surface area contributed by atoms with Crippen molar-refractivity contribution in [1.29, 1.82) is 0 Å². The maximum Gasteiger partial charge on any atom is 0.422 e. The lowest BCUT2D eigenvalue weighted by Gasteiger charge is -2.22. The fourth-order valence-corrected chi connectivity index (χ4v) is 2.71. The highest BCUT2D eigenvalue weighted by Gasteiger charge is 2.32. The lowest BCUT2D eigenvalue weighted by atomic mass is 10.1. The molecule has 0 aliphatic heterocycles. The van der Waals surface area contributed by atoms with Gasteiger partial charge in [0.2, 0.25) is 0 Å². The number of ether oxygens (including phenoxy) is 1. The van der Waals surface area contributed by atoms with Crippen LogP contribution in [-0.2, 0) is 5.54 Å². The number of halogens is 3. The Labute approximate surface area is 155 Å². The molecule has 5 nitrogen and oxygen atoms in total. The van der Waals surface area contributed by atoms with Crippen molar-refractivity contribution in [3.63, 3.8) is 0 Å². The van der Waals surface area contributed by atoms with Crippen LogP contribution in [0.25, 0.3) is 0 Å². The van der Waals surface area contributed by atoms with Crippen LogP contribution >= 0.6 is 0 Å². The molecule has 1 N–H and O–H groups in total. The van der Waals surface area contributed by atoms with Gasteiger partial charge in [0.15, 0.2) is 12.3 Å². The molecule has 0 unspecified atom stereocenters. The second kappa shape index (κ2) is 6.90. The summed E-state index contributed by atoms with van der Waals surface area (Å²) in [6.07, 6.45) is -2.19. The van der Waals surface area contributed by atoms with Gasteiger partial charge in [0, 0.05) is 17.3 Å². The number of benzene rings is 1. The summed E-state index contributed by atoms with van der Waals surface area (Å²) >= 11 is 0. The standard InChI is InChI=1S/C19H22F3N3O2/c1-18(2,3)25-16(12-4-5-12)10-15(24-25)17(26)23-13-6-8-14(9-7-13)27-11-19(20,21)22/h6-10,12H,4-5,11H2,1-3H3,(H,23,26). The third kappa shape index (κ3) is 5.02. The van der Waals surface area contributed by atoms with E-state index in [0.717, 1.165) is 18.5 Å². The number of carbonyl (C=O) groups excluding carboxylic acids is 1. The van der Waals surface area contributed by atoms with E-state index in [0.29, 0.717) is 17.3 Å². The Kier molecular flexibility index (Phi) is 4.92. The molecule has 1 aromatic carbocycles. The zero-order chi connectivity index (χ0) is 19.8. The van der Waals surface area contributed by atoms with Crippen LogP contribution < -0.4 is 10.1 Å². The van der Waals surface area contributed by atoms with Gasteiger partial charge in [-0.1, -0.05) is 0 Å². The molecular formula is C19H22F3N3O2. The van der Waals surface area contributed by atoms with Crippen molar-refractivity contribution < 1.29 is 22.7 Å². The average Bonchev–Trinajstić information content (AvgIpc) is 3.30. The number of carbonyl (C=O) groups is 1. The molecule has 1 heterocycles. The first-order valence-corrected chi connectivity index (χ1v) is 8.74. The van der Waals surface area contributed by atoms with Crippen LogP contribution in [0.3, 0.4) is 0 Å². The smallest absolute Gasteiger partial charge is 0.422 e. The van der Waals surface area contributed by atoms with E-state index >= 15 is 0 Å². The molecule has 0 radical (unpaired) electrons. The zero-order valence-electron chi connectivity index (χ0n) is 15.4. The molecule has 1 aliphatic carbocycles. The molecule has 3 rings (SSSR count). The fourth-order valence-electron chi connectivity index (χ4n) is 2.71. The Balaban J connectivity index is 1.68. The molecule has 27 heavy (non-hydrogen) atoms. The zero-order valence-corrected chi connectivity index (χ0v) is 15.4. The molecule has 8 heteroatoms. The van der Waals surface area contributed by atoms with Gasteiger partial charge in [-0.05, 0) is 63.9 Å². The second-order valence-corrected chi connectivity index (χ2v) is 7.69. The van der Waals surface area contributed by atoms with E-state index in [9.17, 15) is 18.0 Å². The molecule has 0 saturated heterocycles. The predicted molar refractivity (Wildman–Crippen MR) is 95.1 cm³/mol. The van der Waals surface area contributed by atoms with Gasteiger partial charge in [0.05, 0.1) is 5.54 Å². The lowest BCUT2D eigenvalue weighted by molar-refractivity contribution is -0.153. The highest BCUT2D eigenvalue weighted by atomic mass is 19.4. The van der Waals surface area contributed by atoms with Crippen LogP contribution in [0, 0.1) is 0 Å². The van der Waals surface area contributed by atoms with Crippen molar-refractivity contribution >= 4 is 11.6 Å². The van der Waals surface area contributed by atoms with E-state index in [1.54, 1.807) is 0 Å². The van der Waals surface area contributed by atoms with E-state index in [1.807, 2.05) is 31.5 Å². The SMILES string of the molecule is CC(C)(C)n1nc(C(=O)Nc2ccc(OCC(F)(F)F)cc2)cc1C1CC1. The van der Waals surface area contributed by atoms with Crippen molar-refractivity contribution in [2.24, 2.45) is 0 Å². The molecule has 2 aromatic rings. The van der Waals surface area contributed by atoms with Crippen molar-refractivity contribution in [2.75, 3.05) is 11.9 Å². The molecule has 0 atom stereocenters. The number of aromatic nitrogens is 2. The summed E-state index contributed by atoms with van der Waals surface area (Å²) in [4.78, 5) is 12.5. The highest BCUT2D eigenvalue weighted by molar-refractivity contribution is 6.03. The third-order valence-corrected chi connectivity index (χ3v) is 4.12. The Morgan fingerprint density at radius 3 is 2.37 bits per heavy atom. The minimum Gasteiger partial charge on any atom is -0.484 e. The van der Waals surface area contributed by atoms with E-state index in [2.05, 4.69) is 15.2 Å². The number of nitrogens with zero attached hydrogens (tertiary/aromatic N) is 2. The van der Waals surface area contributed by atoms with Crippen LogP contribution in [-0.4, -0.2) is 28.5 Å². The molecule has 1 amide bonds. The normalized spacial score (nSPS) is 14.9. The molecule has 1 aromatic heterocycles. The molecule has 146 valence electrons. The van der Waals surface area contributed by atoms with E-state index in [4.69, 9.17) is 0 Å². The summed E-state index contributed by atoms with van der Waals surface area (Å²) in [6, 6.07) is 7.56. The van der Waals surface area contributed by atoms with Crippen LogP contribution in [0.5, 0.6) is 5.75 Å². The molecule has 1 saturated carbocycles. The van der Waals surface area contributed by atoms with E-state index < -0.39 is 12.8 Å². The number of alkyl halides is 3. The Hall–Kier alpha value is -2.51. The predicted octanol–water partition coefficient (Wildman–Crippen LogP) is 4.71. The van der Waals surface area contributed by atoms with Crippen molar-refractivity contribution in [2.45, 2.75) is 51.2 Å². The highest BCUT2D eigenvalue weighted by Crippen LogP contribution is 2.41. The van der Waals surface area contributed by atoms with Crippen molar-refractivity contribution in [1.82, 2.24) is 9.78 Å². The second-order valence-electron chi connectivity index (χ2n) is 7.69. The Morgan fingerprint density at radius 1 is 1.22 bits per heavy atom. The Morgan fingerprint density at radius 2 is 1.85 bits per heavy atom. The third-order valence-electron chi connectivity index (χ3n) is 4.12. The largest absolute Gasteiger partial charge is 0.484 e. The van der Waals surface area contributed by atoms with Crippen LogP contribution in [0.2, 0.25) is 0 Å². The number of amides is 1. The quantitative estimate of drug-likeness (QED) is 0.816. The number of nitrogens with one attached hydrogen (secondary N) is 1. The lowest BCUT2D eigenvalue weighted by Crippen LogP contribution is -2.25. The molecule has 0 bridgehead atoms. The summed E-state index contributed by atoms with van der Waals surface area (Å²) < 4.78 is 43.1. The monoisotopic (exact) mass is 381 g/mol. The first-order chi connectivity index (χ1) is 12.5. The topological polar surface area (TPSA) is 56.2 Å². The van der Waals surface area contributed by atoms with Gasteiger partial charge in [-0.15, -0.1) is 0 Å². The van der Waals surface area contributed by atoms with Gasteiger partial charge in [-0.2, -0.15) is 18.3 Å². The molecule has 0 spiro atoms. The van der Waals surface area contributed by atoms with Gasteiger partial charge < -0.3 is 10.1 Å². The first kappa shape index (κ1) is 19.3. The summed E-state index contributed by atoms with van der Waals surface area (Å²) in [5.74, 6) is 0.172. The average molecular weight is 381 g/mol. The van der Waals surface area contributed by atoms with E-state index in [1.165, 1.54) is 24.3 Å². The number of rotatable bonds is 5. The van der Waals surface area contributed by atoms with Gasteiger partial charge in [-0.3, -0.25) is 9.48 Å². The van der Waals surface area contributed by atoms with Crippen LogP contribution in [0.15, 0.2) is 30.3 Å². The first-order valence-electron chi connectivity index (χ1n) is 8.74. The maximum absolute atomic E-state index is 12.5. The summed E-state index contributed by atoms with van der Waals surface area (Å²) in [6.45, 7) is 4.75. The number of hydrogen-bond acceptors (Lipinski definition) is 3.